The van der Waals surface area contributed by atoms with E-state index in [0.717, 1.165) is 18.5 Å². The predicted octanol–water partition coefficient (Wildman–Crippen LogP) is 1.49. The molecule has 1 aliphatic rings. The molecule has 2 unspecified atom stereocenters. The SMILES string of the molecule is C/C=C/CN1CCC(NC)C(C)C1. The molecule has 0 aliphatic carbocycles. The molecule has 1 aliphatic heterocycles. The molecular weight excluding hydrogens is 160 g/mol. The Bertz CT molecular complexity index is 165. The standard InChI is InChI=1S/C11H22N2/c1-4-5-7-13-8-6-11(12-3)10(2)9-13/h4-5,10-12H,6-9H2,1-3H3/b5-4+. The van der Waals surface area contributed by atoms with Crippen molar-refractivity contribution < 1.29 is 0 Å². The number of nitrogens with zero attached hydrogens (tertiary/aromatic N) is 1. The number of allylic oxidation sites excluding steroid dienone is 1. The van der Waals surface area contributed by atoms with E-state index in [9.17, 15) is 0 Å². The van der Waals surface area contributed by atoms with Gasteiger partial charge in [0.2, 0.25) is 0 Å². The van der Waals surface area contributed by atoms with Crippen molar-refractivity contribution in [2.75, 3.05) is 26.7 Å². The highest BCUT2D eigenvalue weighted by Crippen LogP contribution is 2.15. The molecule has 0 radical (unpaired) electrons. The number of piperidine rings is 1. The quantitative estimate of drug-likeness (QED) is 0.665. The van der Waals surface area contributed by atoms with Crippen molar-refractivity contribution in [3.8, 4) is 0 Å². The van der Waals surface area contributed by atoms with Crippen LogP contribution in [0.2, 0.25) is 0 Å². The van der Waals surface area contributed by atoms with Gasteiger partial charge in [0.05, 0.1) is 0 Å². The molecule has 0 amide bonds. The summed E-state index contributed by atoms with van der Waals surface area (Å²) in [6, 6.07) is 0.724. The minimum Gasteiger partial charge on any atom is -0.317 e. The first-order valence-electron chi connectivity index (χ1n) is 5.28. The second-order valence-electron chi connectivity index (χ2n) is 3.99. The zero-order chi connectivity index (χ0) is 9.68. The Kier molecular flexibility index (Phi) is 4.46. The first-order valence-corrected chi connectivity index (χ1v) is 5.28. The molecule has 0 aromatic heterocycles. The van der Waals surface area contributed by atoms with Crippen LogP contribution < -0.4 is 5.32 Å². The summed E-state index contributed by atoms with van der Waals surface area (Å²) in [5.41, 5.74) is 0. The number of hydrogen-bond acceptors (Lipinski definition) is 2. The average Bonchev–Trinajstić information content (AvgIpc) is 2.15. The van der Waals surface area contributed by atoms with Gasteiger partial charge < -0.3 is 5.32 Å². The van der Waals surface area contributed by atoms with Crippen molar-refractivity contribution in [1.82, 2.24) is 10.2 Å². The van der Waals surface area contributed by atoms with Crippen LogP contribution in [0, 0.1) is 5.92 Å². The van der Waals surface area contributed by atoms with Gasteiger partial charge in [-0.05, 0) is 32.9 Å². The van der Waals surface area contributed by atoms with Gasteiger partial charge >= 0.3 is 0 Å². The largest absolute Gasteiger partial charge is 0.317 e. The molecule has 1 heterocycles. The molecule has 0 aromatic rings. The Morgan fingerprint density at radius 2 is 2.31 bits per heavy atom. The number of rotatable bonds is 3. The van der Waals surface area contributed by atoms with E-state index in [1.54, 1.807) is 0 Å². The molecular formula is C11H22N2. The zero-order valence-electron chi connectivity index (χ0n) is 9.09. The van der Waals surface area contributed by atoms with Gasteiger partial charge in [0.25, 0.3) is 0 Å². The molecule has 0 saturated carbocycles. The first kappa shape index (κ1) is 10.7. The van der Waals surface area contributed by atoms with Crippen LogP contribution in [0.25, 0.3) is 0 Å². The van der Waals surface area contributed by atoms with Crippen LogP contribution in [0.15, 0.2) is 12.2 Å². The van der Waals surface area contributed by atoms with Crippen LogP contribution in [0.1, 0.15) is 20.3 Å². The highest BCUT2D eigenvalue weighted by atomic mass is 15.1. The van der Waals surface area contributed by atoms with Crippen molar-refractivity contribution in [2.24, 2.45) is 5.92 Å². The maximum Gasteiger partial charge on any atom is 0.0163 e. The van der Waals surface area contributed by atoms with Crippen LogP contribution in [0.4, 0.5) is 0 Å². The van der Waals surface area contributed by atoms with Crippen LogP contribution in [-0.4, -0.2) is 37.6 Å². The van der Waals surface area contributed by atoms with Gasteiger partial charge in [-0.15, -0.1) is 0 Å². The van der Waals surface area contributed by atoms with E-state index in [1.807, 2.05) is 0 Å². The molecule has 0 spiro atoms. The molecule has 1 rings (SSSR count). The maximum atomic E-state index is 3.39. The molecule has 76 valence electrons. The number of hydrogen-bond donors (Lipinski definition) is 1. The lowest BCUT2D eigenvalue weighted by Crippen LogP contribution is -2.47. The van der Waals surface area contributed by atoms with Gasteiger partial charge in [-0.1, -0.05) is 19.1 Å². The summed E-state index contributed by atoms with van der Waals surface area (Å²) < 4.78 is 0. The summed E-state index contributed by atoms with van der Waals surface area (Å²) in [7, 11) is 2.07. The van der Waals surface area contributed by atoms with Gasteiger partial charge in [0.1, 0.15) is 0 Å². The fourth-order valence-corrected chi connectivity index (χ4v) is 2.08. The highest BCUT2D eigenvalue weighted by Gasteiger charge is 2.23. The van der Waals surface area contributed by atoms with Crippen molar-refractivity contribution in [3.63, 3.8) is 0 Å². The Labute approximate surface area is 82.0 Å². The van der Waals surface area contributed by atoms with E-state index >= 15 is 0 Å². The second kappa shape index (κ2) is 5.40. The van der Waals surface area contributed by atoms with Gasteiger partial charge in [-0.25, -0.2) is 0 Å². The Balaban J connectivity index is 2.32. The van der Waals surface area contributed by atoms with Crippen LogP contribution in [0.5, 0.6) is 0 Å². The van der Waals surface area contributed by atoms with E-state index in [2.05, 4.69) is 43.3 Å². The fourth-order valence-electron chi connectivity index (χ4n) is 2.08. The number of nitrogens with one attached hydrogen (secondary N) is 1. The molecule has 0 aromatic carbocycles. The van der Waals surface area contributed by atoms with Crippen LogP contribution >= 0.6 is 0 Å². The lowest BCUT2D eigenvalue weighted by atomic mass is 9.94. The van der Waals surface area contributed by atoms with Crippen molar-refractivity contribution in [2.45, 2.75) is 26.3 Å². The van der Waals surface area contributed by atoms with Crippen LogP contribution in [0.3, 0.4) is 0 Å². The van der Waals surface area contributed by atoms with Crippen molar-refractivity contribution >= 4 is 0 Å². The molecule has 13 heavy (non-hydrogen) atoms. The minimum absolute atomic E-state index is 0.724. The smallest absolute Gasteiger partial charge is 0.0163 e. The van der Waals surface area contributed by atoms with Crippen molar-refractivity contribution in [1.29, 1.82) is 0 Å². The van der Waals surface area contributed by atoms with Crippen molar-refractivity contribution in [3.05, 3.63) is 12.2 Å². The van der Waals surface area contributed by atoms with E-state index < -0.39 is 0 Å². The minimum atomic E-state index is 0.724. The Morgan fingerprint density at radius 1 is 1.54 bits per heavy atom. The summed E-state index contributed by atoms with van der Waals surface area (Å²) in [5.74, 6) is 0.781. The topological polar surface area (TPSA) is 15.3 Å². The van der Waals surface area contributed by atoms with Gasteiger partial charge in [0.15, 0.2) is 0 Å². The summed E-state index contributed by atoms with van der Waals surface area (Å²) in [5, 5.41) is 3.39. The lowest BCUT2D eigenvalue weighted by Gasteiger charge is -2.36. The summed E-state index contributed by atoms with van der Waals surface area (Å²) in [6.07, 6.45) is 5.66. The first-order chi connectivity index (χ1) is 6.27. The fraction of sp³-hybridized carbons (Fsp3) is 0.818. The lowest BCUT2D eigenvalue weighted by molar-refractivity contribution is 0.165. The Morgan fingerprint density at radius 3 is 2.85 bits per heavy atom. The maximum absolute atomic E-state index is 3.39. The summed E-state index contributed by atoms with van der Waals surface area (Å²) >= 11 is 0. The summed E-state index contributed by atoms with van der Waals surface area (Å²) in [6.45, 7) is 8.01. The normalized spacial score (nSPS) is 31.3. The average molecular weight is 182 g/mol. The third-order valence-corrected chi connectivity index (χ3v) is 2.96. The monoisotopic (exact) mass is 182 g/mol. The molecule has 1 N–H and O–H groups in total. The Hall–Kier alpha value is -0.340. The summed E-state index contributed by atoms with van der Waals surface area (Å²) in [4.78, 5) is 2.53. The molecule has 2 heteroatoms. The molecule has 1 saturated heterocycles. The second-order valence-corrected chi connectivity index (χ2v) is 3.99. The van der Waals surface area contributed by atoms with E-state index in [4.69, 9.17) is 0 Å². The van der Waals surface area contributed by atoms with Gasteiger partial charge in [-0.2, -0.15) is 0 Å². The third-order valence-electron chi connectivity index (χ3n) is 2.96. The van der Waals surface area contributed by atoms with E-state index in [-0.39, 0.29) is 0 Å². The predicted molar refractivity (Wildman–Crippen MR) is 57.9 cm³/mol. The van der Waals surface area contributed by atoms with E-state index in [0.29, 0.717) is 0 Å². The molecule has 1 fully saturated rings. The van der Waals surface area contributed by atoms with Gasteiger partial charge in [-0.3, -0.25) is 4.90 Å². The van der Waals surface area contributed by atoms with Crippen LogP contribution in [-0.2, 0) is 0 Å². The number of likely N-dealkylation sites (tertiary alicyclic amines) is 1. The zero-order valence-corrected chi connectivity index (χ0v) is 9.09. The molecule has 0 bridgehead atoms. The van der Waals surface area contributed by atoms with Gasteiger partial charge in [0, 0.05) is 19.1 Å². The van der Waals surface area contributed by atoms with E-state index in [1.165, 1.54) is 19.5 Å². The molecule has 2 atom stereocenters. The highest BCUT2D eigenvalue weighted by molar-refractivity contribution is 4.87. The third kappa shape index (κ3) is 3.12. The molecule has 2 nitrogen and oxygen atoms in total.